The van der Waals surface area contributed by atoms with Crippen LogP contribution >= 0.6 is 8.20 Å². The highest BCUT2D eigenvalue weighted by Crippen LogP contribution is 2.13. The highest BCUT2D eigenvalue weighted by Gasteiger charge is 2.05. The summed E-state index contributed by atoms with van der Waals surface area (Å²) in [5.74, 6) is 2.23. The van der Waals surface area contributed by atoms with Crippen molar-refractivity contribution in [2.24, 2.45) is 4.99 Å². The molecule has 0 saturated carbocycles. The summed E-state index contributed by atoms with van der Waals surface area (Å²) in [7, 11) is 1.41. The van der Waals surface area contributed by atoms with Crippen molar-refractivity contribution in [2.75, 3.05) is 12.7 Å². The van der Waals surface area contributed by atoms with Crippen LogP contribution in [0.1, 0.15) is 0 Å². The molecule has 0 saturated heterocycles. The van der Waals surface area contributed by atoms with Crippen LogP contribution in [-0.4, -0.2) is 24.2 Å². The molecule has 0 radical (unpaired) electrons. The molecule has 10 heavy (non-hydrogen) atoms. The standard InChI is InChI=1S/C8H8NP/c1-2-8(9-4-1)7-3-5-10-6-7/h1-3,6H,4-5H2. The van der Waals surface area contributed by atoms with E-state index in [2.05, 4.69) is 29.0 Å². The predicted molar refractivity (Wildman–Crippen MR) is 47.4 cm³/mol. The normalized spacial score (nSPS) is 23.2. The Labute approximate surface area is 62.0 Å². The molecule has 0 atom stereocenters. The van der Waals surface area contributed by atoms with Gasteiger partial charge in [0.25, 0.3) is 0 Å². The topological polar surface area (TPSA) is 12.4 Å². The van der Waals surface area contributed by atoms with E-state index < -0.39 is 0 Å². The molecule has 0 amide bonds. The molecular formula is C8H8NP. The van der Waals surface area contributed by atoms with Gasteiger partial charge in [0.1, 0.15) is 0 Å². The molecule has 1 nitrogen and oxygen atoms in total. The van der Waals surface area contributed by atoms with Crippen molar-refractivity contribution < 1.29 is 0 Å². The van der Waals surface area contributed by atoms with Gasteiger partial charge in [0, 0.05) is 11.7 Å². The van der Waals surface area contributed by atoms with Crippen LogP contribution in [0.5, 0.6) is 0 Å². The van der Waals surface area contributed by atoms with Gasteiger partial charge >= 0.3 is 0 Å². The summed E-state index contributed by atoms with van der Waals surface area (Å²) in [5.41, 5.74) is 2.50. The summed E-state index contributed by atoms with van der Waals surface area (Å²) < 4.78 is 0. The summed E-state index contributed by atoms with van der Waals surface area (Å²) in [4.78, 5) is 4.32. The van der Waals surface area contributed by atoms with E-state index in [9.17, 15) is 0 Å². The lowest BCUT2D eigenvalue weighted by Crippen LogP contribution is -1.94. The summed E-state index contributed by atoms with van der Waals surface area (Å²) >= 11 is 0. The van der Waals surface area contributed by atoms with E-state index in [0.717, 1.165) is 6.54 Å². The van der Waals surface area contributed by atoms with Crippen molar-refractivity contribution in [3.05, 3.63) is 23.8 Å². The highest BCUT2D eigenvalue weighted by molar-refractivity contribution is 7.40. The van der Waals surface area contributed by atoms with Crippen LogP contribution < -0.4 is 0 Å². The summed E-state index contributed by atoms with van der Waals surface area (Å²) in [6.45, 7) is 0.872. The van der Waals surface area contributed by atoms with Crippen molar-refractivity contribution in [3.8, 4) is 0 Å². The van der Waals surface area contributed by atoms with Gasteiger partial charge in [-0.1, -0.05) is 20.4 Å². The molecule has 0 aromatic heterocycles. The van der Waals surface area contributed by atoms with Crippen LogP contribution in [0, 0.1) is 0 Å². The van der Waals surface area contributed by atoms with Crippen LogP contribution in [0.2, 0.25) is 0 Å². The van der Waals surface area contributed by atoms with Crippen LogP contribution in [0.15, 0.2) is 28.8 Å². The minimum Gasteiger partial charge on any atom is -0.281 e. The Morgan fingerprint density at radius 1 is 1.50 bits per heavy atom. The molecule has 0 spiro atoms. The van der Waals surface area contributed by atoms with Crippen LogP contribution in [0.25, 0.3) is 0 Å². The minimum atomic E-state index is 0.872. The Balaban J connectivity index is 2.26. The molecule has 0 bridgehead atoms. The van der Waals surface area contributed by atoms with Crippen molar-refractivity contribution in [3.63, 3.8) is 0 Å². The van der Waals surface area contributed by atoms with Crippen molar-refractivity contribution >= 4 is 19.7 Å². The van der Waals surface area contributed by atoms with E-state index in [4.69, 9.17) is 0 Å². The predicted octanol–water partition coefficient (Wildman–Crippen LogP) is 1.69. The molecular weight excluding hydrogens is 141 g/mol. The maximum Gasteiger partial charge on any atom is 0.0648 e. The second-order valence-corrected chi connectivity index (χ2v) is 3.27. The molecule has 0 aliphatic carbocycles. The molecule has 2 heterocycles. The first-order valence-electron chi connectivity index (χ1n) is 3.38. The Hall–Kier alpha value is -0.680. The fourth-order valence-electron chi connectivity index (χ4n) is 1.08. The fourth-order valence-corrected chi connectivity index (χ4v) is 1.92. The summed E-state index contributed by atoms with van der Waals surface area (Å²) in [6, 6.07) is 0. The van der Waals surface area contributed by atoms with Gasteiger partial charge in [0.2, 0.25) is 0 Å². The molecule has 50 valence electrons. The third kappa shape index (κ3) is 0.975. The van der Waals surface area contributed by atoms with Crippen molar-refractivity contribution in [1.29, 1.82) is 0 Å². The molecule has 2 aliphatic heterocycles. The van der Waals surface area contributed by atoms with Crippen molar-refractivity contribution in [1.82, 2.24) is 0 Å². The van der Waals surface area contributed by atoms with E-state index in [-0.39, 0.29) is 0 Å². The van der Waals surface area contributed by atoms with Gasteiger partial charge in [-0.05, 0) is 11.9 Å². The molecule has 2 aliphatic rings. The zero-order valence-corrected chi connectivity index (χ0v) is 6.51. The highest BCUT2D eigenvalue weighted by atomic mass is 31.1. The fraction of sp³-hybridized carbons (Fsp3) is 0.250. The maximum absolute atomic E-state index is 4.32. The van der Waals surface area contributed by atoms with Gasteiger partial charge in [-0.25, -0.2) is 0 Å². The van der Waals surface area contributed by atoms with Crippen LogP contribution in [0.3, 0.4) is 0 Å². The first kappa shape index (κ1) is 6.06. The molecule has 2 heteroatoms. The third-order valence-corrected chi connectivity index (χ3v) is 2.44. The Kier molecular flexibility index (Phi) is 1.52. The Morgan fingerprint density at radius 2 is 2.50 bits per heavy atom. The second-order valence-electron chi connectivity index (χ2n) is 2.28. The largest absolute Gasteiger partial charge is 0.281 e. The SMILES string of the molecule is C1=CC(C2=CCP=C2)=NC1. The smallest absolute Gasteiger partial charge is 0.0648 e. The zero-order chi connectivity index (χ0) is 6.81. The lowest BCUT2D eigenvalue weighted by atomic mass is 10.2. The monoisotopic (exact) mass is 149 g/mol. The van der Waals surface area contributed by atoms with E-state index in [0.29, 0.717) is 0 Å². The quantitative estimate of drug-likeness (QED) is 0.503. The number of hydrogen-bond acceptors (Lipinski definition) is 1. The van der Waals surface area contributed by atoms with Crippen LogP contribution in [-0.2, 0) is 0 Å². The zero-order valence-electron chi connectivity index (χ0n) is 5.62. The van der Waals surface area contributed by atoms with Crippen LogP contribution in [0.4, 0.5) is 0 Å². The van der Waals surface area contributed by atoms with E-state index >= 15 is 0 Å². The molecule has 0 aromatic carbocycles. The van der Waals surface area contributed by atoms with E-state index in [1.54, 1.807) is 0 Å². The number of rotatable bonds is 1. The summed E-state index contributed by atoms with van der Waals surface area (Å²) in [6.07, 6.45) is 7.61. The Morgan fingerprint density at radius 3 is 3.10 bits per heavy atom. The van der Waals surface area contributed by atoms with Gasteiger partial charge in [-0.15, -0.1) is 0 Å². The average Bonchev–Trinajstić information content (AvgIpc) is 2.59. The first-order chi connectivity index (χ1) is 4.97. The van der Waals surface area contributed by atoms with Gasteiger partial charge in [0.05, 0.1) is 12.3 Å². The third-order valence-electron chi connectivity index (χ3n) is 1.59. The van der Waals surface area contributed by atoms with E-state index in [1.807, 2.05) is 0 Å². The number of allylic oxidation sites excluding steroid dienone is 3. The lowest BCUT2D eigenvalue weighted by Gasteiger charge is -1.91. The Bertz CT molecular complexity index is 230. The summed E-state index contributed by atoms with van der Waals surface area (Å²) in [5, 5.41) is 0. The second kappa shape index (κ2) is 2.51. The minimum absolute atomic E-state index is 0.872. The van der Waals surface area contributed by atoms with E-state index in [1.165, 1.54) is 25.7 Å². The maximum atomic E-state index is 4.32. The van der Waals surface area contributed by atoms with Gasteiger partial charge in [-0.3, -0.25) is 4.99 Å². The molecule has 2 rings (SSSR count). The lowest BCUT2D eigenvalue weighted by molar-refractivity contribution is 1.28. The van der Waals surface area contributed by atoms with Gasteiger partial charge in [0.15, 0.2) is 0 Å². The molecule has 0 N–H and O–H groups in total. The molecule has 0 aromatic rings. The molecule has 0 fully saturated rings. The number of nitrogens with zero attached hydrogens (tertiary/aromatic N) is 1. The number of hydrogen-bond donors (Lipinski definition) is 0. The first-order valence-corrected chi connectivity index (χ1v) is 4.53. The molecule has 0 unspecified atom stereocenters. The van der Waals surface area contributed by atoms with Gasteiger partial charge < -0.3 is 0 Å². The van der Waals surface area contributed by atoms with Crippen molar-refractivity contribution in [2.45, 2.75) is 0 Å². The number of aliphatic imine (C=N–C) groups is 1. The average molecular weight is 149 g/mol. The van der Waals surface area contributed by atoms with Gasteiger partial charge in [-0.2, -0.15) is 0 Å².